The Bertz CT molecular complexity index is 975. The molecule has 4 nitrogen and oxygen atoms in total. The fourth-order valence-corrected chi connectivity index (χ4v) is 9.98. The molecular weight excluding hydrogens is 405 g/mol. The molecule has 3 aromatic rings. The standard InChI is InChI=1S/C26H25NO3P/c28-25-24(16-18-27(25)23-17-19-30-26(23)29)31(20-10-4-1-5-11-20,21-12-6-2-7-13-21)22-14-8-3-9-15-22/h1-15,23-24H,16-19H2/q+1/t23-,24-/m0/s1. The van der Waals surface area contributed by atoms with Crippen LogP contribution in [-0.2, 0) is 14.3 Å². The number of carbonyl (C=O) groups is 2. The second-order valence-electron chi connectivity index (χ2n) is 8.04. The molecule has 0 bridgehead atoms. The maximum atomic E-state index is 14.0. The highest BCUT2D eigenvalue weighted by Crippen LogP contribution is 2.62. The van der Waals surface area contributed by atoms with E-state index in [1.54, 1.807) is 4.90 Å². The fraction of sp³-hybridized carbons (Fsp3) is 0.231. The Labute approximate surface area is 183 Å². The highest BCUT2D eigenvalue weighted by molar-refractivity contribution is 7.96. The van der Waals surface area contributed by atoms with Gasteiger partial charge in [-0.3, -0.25) is 4.79 Å². The minimum atomic E-state index is -2.30. The lowest BCUT2D eigenvalue weighted by atomic mass is 10.2. The number of nitrogens with zero attached hydrogens (tertiary/aromatic N) is 1. The molecular formula is C26H25NO3P+. The topological polar surface area (TPSA) is 46.6 Å². The highest BCUT2D eigenvalue weighted by atomic mass is 31.2. The van der Waals surface area contributed by atoms with Gasteiger partial charge in [-0.25, -0.2) is 4.79 Å². The van der Waals surface area contributed by atoms with E-state index in [1.807, 2.05) is 18.2 Å². The lowest BCUT2D eigenvalue weighted by Crippen LogP contribution is -2.46. The molecule has 2 atom stereocenters. The summed E-state index contributed by atoms with van der Waals surface area (Å²) in [5, 5.41) is 3.59. The summed E-state index contributed by atoms with van der Waals surface area (Å²) in [6, 6.07) is 30.9. The SMILES string of the molecule is O=C1OCC[C@@H]1N1CC[C@H]([P+](c2ccccc2)(c2ccccc2)c2ccccc2)C1=O. The first-order chi connectivity index (χ1) is 15.2. The van der Waals surface area contributed by atoms with Gasteiger partial charge in [0.05, 0.1) is 6.61 Å². The molecule has 0 N–H and O–H groups in total. The molecule has 2 aliphatic heterocycles. The van der Waals surface area contributed by atoms with Crippen LogP contribution >= 0.6 is 7.26 Å². The van der Waals surface area contributed by atoms with Crippen LogP contribution in [0.25, 0.3) is 0 Å². The molecule has 0 saturated carbocycles. The smallest absolute Gasteiger partial charge is 0.328 e. The zero-order valence-corrected chi connectivity index (χ0v) is 18.2. The fourth-order valence-electron chi connectivity index (χ4n) is 5.10. The van der Waals surface area contributed by atoms with E-state index in [2.05, 4.69) is 72.8 Å². The Morgan fingerprint density at radius 1 is 0.710 bits per heavy atom. The molecule has 0 unspecified atom stereocenters. The van der Waals surface area contributed by atoms with Gasteiger partial charge >= 0.3 is 5.97 Å². The lowest BCUT2D eigenvalue weighted by Gasteiger charge is -2.32. The van der Waals surface area contributed by atoms with Crippen molar-refractivity contribution in [3.63, 3.8) is 0 Å². The van der Waals surface area contributed by atoms with Crippen LogP contribution in [0.15, 0.2) is 91.0 Å². The summed E-state index contributed by atoms with van der Waals surface area (Å²) in [6.07, 6.45) is 1.32. The molecule has 2 fully saturated rings. The van der Waals surface area contributed by atoms with E-state index in [9.17, 15) is 9.59 Å². The Morgan fingerprint density at radius 2 is 1.19 bits per heavy atom. The number of carbonyl (C=O) groups excluding carboxylic acids is 2. The summed E-state index contributed by atoms with van der Waals surface area (Å²) in [7, 11) is -2.30. The van der Waals surface area contributed by atoms with E-state index in [4.69, 9.17) is 4.74 Å². The molecule has 0 aromatic heterocycles. The van der Waals surface area contributed by atoms with Crippen LogP contribution in [0.2, 0.25) is 0 Å². The molecule has 5 rings (SSSR count). The molecule has 0 aliphatic carbocycles. The van der Waals surface area contributed by atoms with E-state index in [1.165, 1.54) is 15.9 Å². The summed E-state index contributed by atoms with van der Waals surface area (Å²) >= 11 is 0. The second kappa shape index (κ2) is 8.28. The van der Waals surface area contributed by atoms with Crippen molar-refractivity contribution in [1.29, 1.82) is 0 Å². The Balaban J connectivity index is 1.71. The van der Waals surface area contributed by atoms with Crippen LogP contribution in [0.5, 0.6) is 0 Å². The van der Waals surface area contributed by atoms with Crippen molar-refractivity contribution in [2.75, 3.05) is 13.2 Å². The molecule has 1 amide bonds. The summed E-state index contributed by atoms with van der Waals surface area (Å²) in [4.78, 5) is 28.0. The van der Waals surface area contributed by atoms with Crippen molar-refractivity contribution in [3.05, 3.63) is 91.0 Å². The van der Waals surface area contributed by atoms with E-state index >= 15 is 0 Å². The maximum Gasteiger partial charge on any atom is 0.328 e. The van der Waals surface area contributed by atoms with Gasteiger partial charge in [-0.05, 0) is 36.4 Å². The van der Waals surface area contributed by atoms with Crippen molar-refractivity contribution < 1.29 is 14.3 Å². The first-order valence-corrected chi connectivity index (χ1v) is 12.6. The number of hydrogen-bond acceptors (Lipinski definition) is 3. The predicted molar refractivity (Wildman–Crippen MR) is 125 cm³/mol. The number of ether oxygens (including phenoxy) is 1. The Kier molecular flexibility index (Phi) is 5.33. The Hall–Kier alpha value is -2.97. The average Bonchev–Trinajstić information content (AvgIpc) is 3.42. The van der Waals surface area contributed by atoms with Gasteiger partial charge in [-0.1, -0.05) is 54.6 Å². The van der Waals surface area contributed by atoms with Crippen molar-refractivity contribution in [2.45, 2.75) is 24.5 Å². The van der Waals surface area contributed by atoms with E-state index in [-0.39, 0.29) is 17.5 Å². The third-order valence-electron chi connectivity index (χ3n) is 6.45. The van der Waals surface area contributed by atoms with Gasteiger partial charge in [0.2, 0.25) is 0 Å². The van der Waals surface area contributed by atoms with Crippen molar-refractivity contribution in [1.82, 2.24) is 4.90 Å². The first-order valence-electron chi connectivity index (χ1n) is 10.8. The van der Waals surface area contributed by atoms with Crippen LogP contribution in [0.1, 0.15) is 12.8 Å². The van der Waals surface area contributed by atoms with Gasteiger partial charge in [0.1, 0.15) is 29.2 Å². The molecule has 2 aliphatic rings. The van der Waals surface area contributed by atoms with Gasteiger partial charge < -0.3 is 9.64 Å². The number of amides is 1. The quantitative estimate of drug-likeness (QED) is 0.462. The van der Waals surface area contributed by atoms with Crippen molar-refractivity contribution >= 4 is 35.1 Å². The molecule has 0 spiro atoms. The first kappa shape index (κ1) is 20.0. The summed E-state index contributed by atoms with van der Waals surface area (Å²) in [5.41, 5.74) is -0.201. The van der Waals surface area contributed by atoms with Crippen molar-refractivity contribution in [2.24, 2.45) is 0 Å². The van der Waals surface area contributed by atoms with E-state index in [0.717, 1.165) is 6.42 Å². The number of rotatable bonds is 5. The molecule has 156 valence electrons. The maximum absolute atomic E-state index is 14.0. The summed E-state index contributed by atoms with van der Waals surface area (Å²) < 4.78 is 5.18. The molecule has 5 heteroatoms. The number of hydrogen-bond donors (Lipinski definition) is 0. The van der Waals surface area contributed by atoms with Gasteiger partial charge in [-0.2, -0.15) is 0 Å². The third kappa shape index (κ3) is 3.26. The molecule has 31 heavy (non-hydrogen) atoms. The predicted octanol–water partition coefficient (Wildman–Crippen LogP) is 2.90. The van der Waals surface area contributed by atoms with Crippen molar-refractivity contribution in [3.8, 4) is 0 Å². The third-order valence-corrected chi connectivity index (χ3v) is 11.2. The van der Waals surface area contributed by atoms with E-state index < -0.39 is 13.3 Å². The largest absolute Gasteiger partial charge is 0.464 e. The Morgan fingerprint density at radius 3 is 1.61 bits per heavy atom. The van der Waals surface area contributed by atoms with Gasteiger partial charge in [-0.15, -0.1) is 0 Å². The monoisotopic (exact) mass is 430 g/mol. The van der Waals surface area contributed by atoms with Crippen LogP contribution in [0.4, 0.5) is 0 Å². The van der Waals surface area contributed by atoms with Crippen LogP contribution in [-0.4, -0.2) is 41.6 Å². The van der Waals surface area contributed by atoms with Crippen LogP contribution in [0.3, 0.4) is 0 Å². The lowest BCUT2D eigenvalue weighted by molar-refractivity contribution is -0.146. The number of cyclic esters (lactones) is 1. The van der Waals surface area contributed by atoms with Gasteiger partial charge in [0.15, 0.2) is 5.66 Å². The summed E-state index contributed by atoms with van der Waals surface area (Å²) in [5.74, 6) is -0.189. The normalized spacial score (nSPS) is 21.4. The average molecular weight is 430 g/mol. The zero-order chi connectivity index (χ0) is 21.3. The van der Waals surface area contributed by atoms with E-state index in [0.29, 0.717) is 19.6 Å². The summed E-state index contributed by atoms with van der Waals surface area (Å²) in [6.45, 7) is 0.992. The number of esters is 1. The molecule has 2 heterocycles. The molecule has 3 aromatic carbocycles. The van der Waals surface area contributed by atoms with Gasteiger partial charge in [0, 0.05) is 19.4 Å². The molecule has 0 radical (unpaired) electrons. The number of likely N-dealkylation sites (tertiary alicyclic amines) is 1. The number of benzene rings is 3. The minimum Gasteiger partial charge on any atom is -0.464 e. The van der Waals surface area contributed by atoms with Gasteiger partial charge in [0.25, 0.3) is 5.91 Å². The zero-order valence-electron chi connectivity index (χ0n) is 17.3. The minimum absolute atomic E-state index is 0.0775. The second-order valence-corrected chi connectivity index (χ2v) is 11.7. The van der Waals surface area contributed by atoms with Crippen LogP contribution < -0.4 is 15.9 Å². The molecule has 2 saturated heterocycles. The highest BCUT2D eigenvalue weighted by Gasteiger charge is 2.60. The van der Waals surface area contributed by atoms with Crippen LogP contribution in [0, 0.1) is 0 Å².